The number of likely N-dealkylation sites (tertiary alicyclic amines) is 1. The van der Waals surface area contributed by atoms with Crippen LogP contribution in [0.25, 0.3) is 10.9 Å². The number of hydrogen-bond acceptors (Lipinski definition) is 5. The van der Waals surface area contributed by atoms with Crippen molar-refractivity contribution < 1.29 is 17.6 Å². The van der Waals surface area contributed by atoms with Gasteiger partial charge >= 0.3 is 5.69 Å². The van der Waals surface area contributed by atoms with Gasteiger partial charge < -0.3 is 4.90 Å². The van der Waals surface area contributed by atoms with Crippen LogP contribution in [0.1, 0.15) is 12.8 Å². The van der Waals surface area contributed by atoms with Gasteiger partial charge in [-0.15, -0.1) is 0 Å². The molecule has 1 aromatic heterocycles. The number of nitrogens with one attached hydrogen (secondary N) is 1. The molecule has 0 aliphatic carbocycles. The van der Waals surface area contributed by atoms with Crippen LogP contribution in [0.5, 0.6) is 0 Å². The van der Waals surface area contributed by atoms with Gasteiger partial charge in [0.15, 0.2) is 0 Å². The van der Waals surface area contributed by atoms with Gasteiger partial charge in [0.1, 0.15) is 12.4 Å². The highest BCUT2D eigenvalue weighted by Crippen LogP contribution is 2.19. The smallest absolute Gasteiger partial charge is 0.331 e. The van der Waals surface area contributed by atoms with Crippen molar-refractivity contribution in [2.24, 2.45) is 7.05 Å². The van der Waals surface area contributed by atoms with E-state index in [1.165, 1.54) is 41.9 Å². The lowest BCUT2D eigenvalue weighted by Crippen LogP contribution is -2.43. The maximum Gasteiger partial charge on any atom is 0.331 e. The summed E-state index contributed by atoms with van der Waals surface area (Å²) in [6.45, 7) is 0.754. The molecule has 2 aromatic carbocycles. The number of anilines is 1. The molecule has 0 unspecified atom stereocenters. The van der Waals surface area contributed by atoms with E-state index in [2.05, 4.69) is 4.72 Å². The number of fused-ring (bicyclic) bond motifs is 1. The fourth-order valence-corrected chi connectivity index (χ4v) is 4.82. The molecule has 3 aromatic rings. The number of sulfonamides is 1. The number of carbonyl (C=O) groups is 1. The molecule has 0 spiro atoms. The number of rotatable bonds is 5. The summed E-state index contributed by atoms with van der Waals surface area (Å²) in [5, 5.41) is -0.0108. The van der Waals surface area contributed by atoms with Gasteiger partial charge in [0.2, 0.25) is 5.91 Å². The monoisotopic (exact) mass is 460 g/mol. The Bertz CT molecular complexity index is 1420. The van der Waals surface area contributed by atoms with Gasteiger partial charge in [-0.05, 0) is 55.3 Å². The van der Waals surface area contributed by atoms with Crippen LogP contribution < -0.4 is 16.0 Å². The lowest BCUT2D eigenvalue weighted by atomic mass is 10.2. The van der Waals surface area contributed by atoms with E-state index < -0.39 is 33.6 Å². The summed E-state index contributed by atoms with van der Waals surface area (Å²) in [4.78, 5) is 39.6. The van der Waals surface area contributed by atoms with Crippen molar-refractivity contribution in [2.45, 2.75) is 24.3 Å². The van der Waals surface area contributed by atoms with E-state index in [0.29, 0.717) is 13.1 Å². The molecular weight excluding hydrogens is 439 g/mol. The van der Waals surface area contributed by atoms with Gasteiger partial charge in [-0.25, -0.2) is 17.6 Å². The number of benzene rings is 2. The standard InChI is InChI=1S/C21H21FN4O5S/c1-24-18-9-8-16(32(30,31)23-15-6-4-14(22)5-7-15)12-17(18)20(28)26(21(24)29)13-19(27)25-10-2-3-11-25/h4-9,12,23H,2-3,10-11,13H2,1H3. The maximum atomic E-state index is 13.1. The second-order valence-corrected chi connectivity index (χ2v) is 9.29. The fourth-order valence-electron chi connectivity index (χ4n) is 3.74. The quantitative estimate of drug-likeness (QED) is 0.617. The van der Waals surface area contributed by atoms with Crippen LogP contribution in [-0.4, -0.2) is 41.4 Å². The molecule has 0 bridgehead atoms. The maximum absolute atomic E-state index is 13.1. The second kappa shape index (κ2) is 8.23. The van der Waals surface area contributed by atoms with Crippen molar-refractivity contribution in [3.8, 4) is 0 Å². The SMILES string of the molecule is Cn1c(=O)n(CC(=O)N2CCCC2)c(=O)c2cc(S(=O)(=O)Nc3ccc(F)cc3)ccc21. The Morgan fingerprint density at radius 1 is 1.06 bits per heavy atom. The Morgan fingerprint density at radius 2 is 1.72 bits per heavy atom. The number of hydrogen-bond donors (Lipinski definition) is 1. The van der Waals surface area contributed by atoms with E-state index in [0.717, 1.165) is 29.5 Å². The van der Waals surface area contributed by atoms with E-state index in [-0.39, 0.29) is 27.4 Å². The Kier molecular flexibility index (Phi) is 5.59. The Balaban J connectivity index is 1.75. The van der Waals surface area contributed by atoms with Crippen LogP contribution in [-0.2, 0) is 28.4 Å². The van der Waals surface area contributed by atoms with E-state index in [1.807, 2.05) is 0 Å². The predicted molar refractivity (Wildman–Crippen MR) is 116 cm³/mol. The van der Waals surface area contributed by atoms with Crippen LogP contribution in [0.4, 0.5) is 10.1 Å². The number of nitrogens with zero attached hydrogens (tertiary/aromatic N) is 3. The average molecular weight is 460 g/mol. The van der Waals surface area contributed by atoms with Crippen LogP contribution in [0.15, 0.2) is 56.9 Å². The largest absolute Gasteiger partial charge is 0.341 e. The summed E-state index contributed by atoms with van der Waals surface area (Å²) >= 11 is 0. The van der Waals surface area contributed by atoms with Gasteiger partial charge in [-0.1, -0.05) is 0 Å². The molecule has 2 heterocycles. The first kappa shape index (κ1) is 21.8. The third-order valence-electron chi connectivity index (χ3n) is 5.48. The highest BCUT2D eigenvalue weighted by Gasteiger charge is 2.22. The topological polar surface area (TPSA) is 110 Å². The molecular formula is C21H21FN4O5S. The summed E-state index contributed by atoms with van der Waals surface area (Å²) in [5.41, 5.74) is -1.00. The lowest BCUT2D eigenvalue weighted by molar-refractivity contribution is -0.130. The van der Waals surface area contributed by atoms with E-state index >= 15 is 0 Å². The van der Waals surface area contributed by atoms with Crippen molar-refractivity contribution in [2.75, 3.05) is 17.8 Å². The molecule has 1 N–H and O–H groups in total. The van der Waals surface area contributed by atoms with Crippen molar-refractivity contribution in [3.63, 3.8) is 0 Å². The van der Waals surface area contributed by atoms with E-state index in [9.17, 15) is 27.2 Å². The molecule has 11 heteroatoms. The predicted octanol–water partition coefficient (Wildman–Crippen LogP) is 1.26. The van der Waals surface area contributed by atoms with Gasteiger partial charge in [0.05, 0.1) is 15.8 Å². The van der Waals surface area contributed by atoms with Crippen LogP contribution >= 0.6 is 0 Å². The Morgan fingerprint density at radius 3 is 2.38 bits per heavy atom. The third-order valence-corrected chi connectivity index (χ3v) is 6.86. The minimum atomic E-state index is -4.09. The normalized spacial score (nSPS) is 14.1. The Hall–Kier alpha value is -3.47. The highest BCUT2D eigenvalue weighted by molar-refractivity contribution is 7.92. The van der Waals surface area contributed by atoms with Gasteiger partial charge in [0, 0.05) is 25.8 Å². The second-order valence-electron chi connectivity index (χ2n) is 7.61. The number of aromatic nitrogens is 2. The van der Waals surface area contributed by atoms with Crippen LogP contribution in [0.3, 0.4) is 0 Å². The number of aryl methyl sites for hydroxylation is 1. The van der Waals surface area contributed by atoms with Crippen molar-refractivity contribution in [1.29, 1.82) is 0 Å². The van der Waals surface area contributed by atoms with E-state index in [1.54, 1.807) is 4.90 Å². The third kappa shape index (κ3) is 4.03. The molecule has 0 radical (unpaired) electrons. The molecule has 1 fully saturated rings. The molecule has 0 saturated carbocycles. The summed E-state index contributed by atoms with van der Waals surface area (Å²) in [5.74, 6) is -0.841. The fraction of sp³-hybridized carbons (Fsp3) is 0.286. The summed E-state index contributed by atoms with van der Waals surface area (Å²) in [6.07, 6.45) is 1.75. The van der Waals surface area contributed by atoms with Crippen LogP contribution in [0.2, 0.25) is 0 Å². The number of carbonyl (C=O) groups excluding carboxylic acids is 1. The summed E-state index contributed by atoms with van der Waals surface area (Å²) in [7, 11) is -2.64. The molecule has 32 heavy (non-hydrogen) atoms. The molecule has 1 amide bonds. The first-order valence-electron chi connectivity index (χ1n) is 9.97. The summed E-state index contributed by atoms with van der Waals surface area (Å²) in [6, 6.07) is 8.58. The van der Waals surface area contributed by atoms with Gasteiger partial charge in [0.25, 0.3) is 15.6 Å². The molecule has 168 valence electrons. The molecule has 4 rings (SSSR count). The van der Waals surface area contributed by atoms with Crippen LogP contribution in [0, 0.1) is 5.82 Å². The first-order valence-corrected chi connectivity index (χ1v) is 11.5. The minimum absolute atomic E-state index is 0.0108. The van der Waals surface area contributed by atoms with Gasteiger partial charge in [-0.3, -0.25) is 23.4 Å². The molecule has 9 nitrogen and oxygen atoms in total. The number of halogens is 1. The zero-order valence-corrected chi connectivity index (χ0v) is 18.1. The first-order chi connectivity index (χ1) is 15.2. The van der Waals surface area contributed by atoms with Crippen molar-refractivity contribution >= 4 is 32.5 Å². The van der Waals surface area contributed by atoms with E-state index in [4.69, 9.17) is 0 Å². The molecule has 0 atom stereocenters. The number of amides is 1. The Labute approximate surface area is 182 Å². The highest BCUT2D eigenvalue weighted by atomic mass is 32.2. The molecule has 1 aliphatic heterocycles. The molecule has 1 aliphatic rings. The van der Waals surface area contributed by atoms with Gasteiger partial charge in [-0.2, -0.15) is 0 Å². The zero-order chi connectivity index (χ0) is 23.0. The van der Waals surface area contributed by atoms with Crippen molar-refractivity contribution in [1.82, 2.24) is 14.0 Å². The summed E-state index contributed by atoms with van der Waals surface area (Å²) < 4.78 is 43.0. The minimum Gasteiger partial charge on any atom is -0.341 e. The van der Waals surface area contributed by atoms with Crippen molar-refractivity contribution in [3.05, 3.63) is 69.1 Å². The zero-order valence-electron chi connectivity index (χ0n) is 17.2. The average Bonchev–Trinajstić information content (AvgIpc) is 3.31. The lowest BCUT2D eigenvalue weighted by Gasteiger charge is -2.17. The molecule has 1 saturated heterocycles.